The first-order valence-corrected chi connectivity index (χ1v) is 10.9. The molecule has 1 fully saturated rings. The second-order valence-corrected chi connectivity index (χ2v) is 8.29. The number of hydrogen-bond donors (Lipinski definition) is 3. The van der Waals surface area contributed by atoms with Crippen LogP contribution in [0.3, 0.4) is 0 Å². The van der Waals surface area contributed by atoms with E-state index in [2.05, 4.69) is 18.9 Å². The second kappa shape index (κ2) is 12.2. The van der Waals surface area contributed by atoms with Gasteiger partial charge in [0.05, 0.1) is 0 Å². The van der Waals surface area contributed by atoms with Crippen molar-refractivity contribution in [2.45, 2.75) is 44.2 Å². The van der Waals surface area contributed by atoms with Gasteiger partial charge >= 0.3 is 11.9 Å². The van der Waals surface area contributed by atoms with Crippen molar-refractivity contribution in [1.29, 1.82) is 0 Å². The minimum absolute atomic E-state index is 0.105. The number of carboxylic acids is 2. The number of carboxylic acid groups (broad SMARTS) is 2. The van der Waals surface area contributed by atoms with Crippen molar-refractivity contribution in [1.82, 2.24) is 4.90 Å². The number of aliphatic hydroxyl groups is 1. The molecule has 6 heteroatoms. The maximum Gasteiger partial charge on any atom is 0.328 e. The van der Waals surface area contributed by atoms with Crippen molar-refractivity contribution in [3.8, 4) is 0 Å². The van der Waals surface area contributed by atoms with Crippen LogP contribution in [0, 0.1) is 5.92 Å². The van der Waals surface area contributed by atoms with E-state index in [1.807, 2.05) is 60.7 Å². The molecule has 0 radical (unpaired) electrons. The van der Waals surface area contributed by atoms with E-state index in [9.17, 15) is 14.7 Å². The standard InChI is InChI=1S/C22H29NO.C4H4O4/c1-18(17-23(2)21-15-9-10-16-21)22(24,19-11-5-3-6-12-19)20-13-7-4-8-14-20;5-3(6)1-2-4(7)8/h3-8,11-14,18,21,24H,9-10,15-17H2,1-2H3;1-2H,(H,5,6)(H,7,8)/b;2-1-. The van der Waals surface area contributed by atoms with Crippen molar-refractivity contribution in [2.24, 2.45) is 5.92 Å². The Balaban J connectivity index is 0.000000390. The van der Waals surface area contributed by atoms with Gasteiger partial charge in [0.15, 0.2) is 0 Å². The molecule has 6 nitrogen and oxygen atoms in total. The fraction of sp³-hybridized carbons (Fsp3) is 0.385. The third-order valence-corrected chi connectivity index (χ3v) is 6.02. The SMILES string of the molecule is CC(CN(C)C1CCCC1)C(O)(c1ccccc1)c1ccccc1.O=C(O)/C=C\C(=O)O. The molecule has 1 aliphatic carbocycles. The molecule has 1 saturated carbocycles. The summed E-state index contributed by atoms with van der Waals surface area (Å²) in [6.07, 6.45) is 6.37. The molecule has 172 valence electrons. The highest BCUT2D eigenvalue weighted by atomic mass is 16.4. The Morgan fingerprint density at radius 1 is 0.938 bits per heavy atom. The van der Waals surface area contributed by atoms with Crippen LogP contribution in [0.2, 0.25) is 0 Å². The van der Waals surface area contributed by atoms with E-state index in [0.717, 1.165) is 17.7 Å². The lowest BCUT2D eigenvalue weighted by atomic mass is 9.76. The largest absolute Gasteiger partial charge is 0.478 e. The molecular weight excluding hydrogens is 406 g/mol. The van der Waals surface area contributed by atoms with Gasteiger partial charge in [0.2, 0.25) is 0 Å². The Labute approximate surface area is 189 Å². The zero-order chi connectivity index (χ0) is 23.6. The maximum absolute atomic E-state index is 11.8. The lowest BCUT2D eigenvalue weighted by Crippen LogP contribution is -2.43. The molecule has 0 saturated heterocycles. The zero-order valence-electron chi connectivity index (χ0n) is 18.7. The van der Waals surface area contributed by atoms with Gasteiger partial charge in [-0.3, -0.25) is 0 Å². The molecule has 0 aliphatic heterocycles. The lowest BCUT2D eigenvalue weighted by molar-refractivity contribution is -0.134. The van der Waals surface area contributed by atoms with Gasteiger partial charge in [-0.2, -0.15) is 0 Å². The molecule has 0 aromatic heterocycles. The Kier molecular flexibility index (Phi) is 9.62. The highest BCUT2D eigenvalue weighted by Gasteiger charge is 2.38. The summed E-state index contributed by atoms with van der Waals surface area (Å²) in [7, 11) is 2.21. The van der Waals surface area contributed by atoms with Gasteiger partial charge < -0.3 is 20.2 Å². The molecule has 2 aromatic rings. The van der Waals surface area contributed by atoms with Crippen LogP contribution < -0.4 is 0 Å². The van der Waals surface area contributed by atoms with E-state index in [-0.39, 0.29) is 5.92 Å². The summed E-state index contributed by atoms with van der Waals surface area (Å²) in [6.45, 7) is 3.07. The average Bonchev–Trinajstić information content (AvgIpc) is 3.34. The van der Waals surface area contributed by atoms with E-state index >= 15 is 0 Å². The normalized spacial score (nSPS) is 15.4. The van der Waals surface area contributed by atoms with Crippen LogP contribution in [0.5, 0.6) is 0 Å². The predicted molar refractivity (Wildman–Crippen MR) is 124 cm³/mol. The van der Waals surface area contributed by atoms with Crippen LogP contribution in [0.15, 0.2) is 72.8 Å². The molecular formula is C26H33NO5. The van der Waals surface area contributed by atoms with Gasteiger partial charge in [0, 0.05) is 30.7 Å². The van der Waals surface area contributed by atoms with Crippen molar-refractivity contribution < 1.29 is 24.9 Å². The fourth-order valence-corrected chi connectivity index (χ4v) is 4.32. The van der Waals surface area contributed by atoms with Gasteiger partial charge in [-0.25, -0.2) is 9.59 Å². The summed E-state index contributed by atoms with van der Waals surface area (Å²) < 4.78 is 0. The molecule has 0 heterocycles. The minimum Gasteiger partial charge on any atom is -0.478 e. The molecule has 1 unspecified atom stereocenters. The summed E-state index contributed by atoms with van der Waals surface area (Å²) >= 11 is 0. The topological polar surface area (TPSA) is 98.1 Å². The molecule has 32 heavy (non-hydrogen) atoms. The highest BCUT2D eigenvalue weighted by Crippen LogP contribution is 2.37. The van der Waals surface area contributed by atoms with Gasteiger partial charge in [-0.15, -0.1) is 0 Å². The van der Waals surface area contributed by atoms with Crippen molar-refractivity contribution >= 4 is 11.9 Å². The highest BCUT2D eigenvalue weighted by molar-refractivity contribution is 5.89. The minimum atomic E-state index is -1.26. The summed E-state index contributed by atoms with van der Waals surface area (Å²) in [5.41, 5.74) is 0.988. The van der Waals surface area contributed by atoms with E-state index in [1.165, 1.54) is 25.7 Å². The van der Waals surface area contributed by atoms with Crippen LogP contribution in [-0.2, 0) is 15.2 Å². The predicted octanol–water partition coefficient (Wildman–Crippen LogP) is 4.14. The van der Waals surface area contributed by atoms with E-state index in [0.29, 0.717) is 18.2 Å². The quantitative estimate of drug-likeness (QED) is 0.535. The number of carbonyl (C=O) groups is 2. The first-order chi connectivity index (χ1) is 15.2. The van der Waals surface area contributed by atoms with E-state index in [1.54, 1.807) is 0 Å². The molecule has 0 spiro atoms. The third kappa shape index (κ3) is 7.04. The molecule has 0 amide bonds. The zero-order valence-corrected chi connectivity index (χ0v) is 18.7. The molecule has 1 atom stereocenters. The number of rotatable bonds is 8. The number of hydrogen-bond acceptors (Lipinski definition) is 4. The van der Waals surface area contributed by atoms with E-state index < -0.39 is 17.5 Å². The van der Waals surface area contributed by atoms with Crippen LogP contribution in [-0.4, -0.2) is 51.8 Å². The summed E-state index contributed by atoms with van der Waals surface area (Å²) in [5.74, 6) is -2.41. The molecule has 3 N–H and O–H groups in total. The van der Waals surface area contributed by atoms with Crippen LogP contribution in [0.25, 0.3) is 0 Å². The summed E-state index contributed by atoms with van der Waals surface area (Å²) in [5, 5.41) is 27.4. The van der Waals surface area contributed by atoms with Crippen molar-refractivity contribution in [2.75, 3.05) is 13.6 Å². The fourth-order valence-electron chi connectivity index (χ4n) is 4.32. The lowest BCUT2D eigenvalue weighted by Gasteiger charge is -2.38. The molecule has 3 rings (SSSR count). The smallest absolute Gasteiger partial charge is 0.328 e. The van der Waals surface area contributed by atoms with Gasteiger partial charge in [0.25, 0.3) is 0 Å². The Bertz CT molecular complexity index is 820. The third-order valence-electron chi connectivity index (χ3n) is 6.02. The van der Waals surface area contributed by atoms with Crippen molar-refractivity contribution in [3.63, 3.8) is 0 Å². The molecule has 0 bridgehead atoms. The van der Waals surface area contributed by atoms with Crippen LogP contribution in [0.1, 0.15) is 43.7 Å². The van der Waals surface area contributed by atoms with E-state index in [4.69, 9.17) is 10.2 Å². The van der Waals surface area contributed by atoms with Gasteiger partial charge in [-0.1, -0.05) is 80.4 Å². The number of nitrogens with zero attached hydrogens (tertiary/aromatic N) is 1. The summed E-state index contributed by atoms with van der Waals surface area (Å²) in [6, 6.07) is 20.9. The molecule has 1 aliphatic rings. The van der Waals surface area contributed by atoms with Gasteiger partial charge in [-0.05, 0) is 31.0 Å². The second-order valence-electron chi connectivity index (χ2n) is 8.29. The first-order valence-electron chi connectivity index (χ1n) is 10.9. The maximum atomic E-state index is 11.8. The number of benzene rings is 2. The molecule has 2 aromatic carbocycles. The Morgan fingerprint density at radius 3 is 1.72 bits per heavy atom. The van der Waals surface area contributed by atoms with Crippen LogP contribution >= 0.6 is 0 Å². The monoisotopic (exact) mass is 439 g/mol. The average molecular weight is 440 g/mol. The van der Waals surface area contributed by atoms with Gasteiger partial charge in [0.1, 0.15) is 5.60 Å². The van der Waals surface area contributed by atoms with Crippen LogP contribution in [0.4, 0.5) is 0 Å². The number of aliphatic carboxylic acids is 2. The van der Waals surface area contributed by atoms with Crippen molar-refractivity contribution in [3.05, 3.63) is 83.9 Å². The Hall–Kier alpha value is -2.96. The Morgan fingerprint density at radius 2 is 1.34 bits per heavy atom. The first kappa shape index (κ1) is 25.3. The summed E-state index contributed by atoms with van der Waals surface area (Å²) in [4.78, 5) is 21.6.